The molecule has 6 nitrogen and oxygen atoms in total. The number of hydrogen-bond acceptors (Lipinski definition) is 5. The molecule has 0 bridgehead atoms. The normalized spacial score (nSPS) is 16.1. The van der Waals surface area contributed by atoms with Crippen molar-refractivity contribution in [2.24, 2.45) is 0 Å². The first-order valence-electron chi connectivity index (χ1n) is 6.17. The molecule has 0 amide bonds. The third-order valence-corrected chi connectivity index (χ3v) is 4.93. The SMILES string of the molecule is Cc1[nH]nc(-c2nn3c(C4CCC4)nnc3s2)c1Cl. The Morgan fingerprint density at radius 1 is 1.37 bits per heavy atom. The fourth-order valence-corrected chi connectivity index (χ4v) is 3.28. The molecule has 3 heterocycles. The van der Waals surface area contributed by atoms with Gasteiger partial charge in [-0.25, -0.2) is 0 Å². The maximum absolute atomic E-state index is 6.21. The predicted octanol–water partition coefficient (Wildman–Crippen LogP) is 2.81. The summed E-state index contributed by atoms with van der Waals surface area (Å²) in [5.74, 6) is 1.47. The van der Waals surface area contributed by atoms with Gasteiger partial charge in [-0.05, 0) is 19.8 Å². The van der Waals surface area contributed by atoms with Gasteiger partial charge < -0.3 is 0 Å². The molecule has 0 atom stereocenters. The number of nitrogens with zero attached hydrogens (tertiary/aromatic N) is 5. The Bertz CT molecular complexity index is 753. The molecule has 0 saturated heterocycles. The number of rotatable bonds is 2. The number of aromatic nitrogens is 6. The second kappa shape index (κ2) is 4.01. The highest BCUT2D eigenvalue weighted by molar-refractivity contribution is 7.19. The average Bonchev–Trinajstić information content (AvgIpc) is 2.96. The summed E-state index contributed by atoms with van der Waals surface area (Å²) in [6.45, 7) is 1.89. The molecule has 1 N–H and O–H groups in total. The van der Waals surface area contributed by atoms with Crippen molar-refractivity contribution in [3.8, 4) is 10.7 Å². The van der Waals surface area contributed by atoms with Crippen LogP contribution in [0.15, 0.2) is 0 Å². The summed E-state index contributed by atoms with van der Waals surface area (Å²) in [7, 11) is 0. The lowest BCUT2D eigenvalue weighted by atomic mass is 9.85. The van der Waals surface area contributed by atoms with Crippen molar-refractivity contribution in [1.82, 2.24) is 30.0 Å². The Hall–Kier alpha value is -1.47. The van der Waals surface area contributed by atoms with Crippen molar-refractivity contribution in [2.75, 3.05) is 0 Å². The zero-order chi connectivity index (χ0) is 13.0. The van der Waals surface area contributed by atoms with Crippen LogP contribution in [0.3, 0.4) is 0 Å². The van der Waals surface area contributed by atoms with Crippen molar-refractivity contribution in [2.45, 2.75) is 32.1 Å². The monoisotopic (exact) mass is 294 g/mol. The molecule has 1 aliphatic carbocycles. The lowest BCUT2D eigenvalue weighted by Gasteiger charge is -2.22. The van der Waals surface area contributed by atoms with Gasteiger partial charge >= 0.3 is 0 Å². The van der Waals surface area contributed by atoms with Crippen LogP contribution in [0.4, 0.5) is 0 Å². The number of H-pyrrole nitrogens is 1. The summed E-state index contributed by atoms with van der Waals surface area (Å²) in [5.41, 5.74) is 1.54. The number of nitrogens with one attached hydrogen (secondary N) is 1. The molecule has 0 radical (unpaired) electrons. The molecule has 1 fully saturated rings. The average molecular weight is 295 g/mol. The van der Waals surface area contributed by atoms with E-state index in [0.717, 1.165) is 21.5 Å². The van der Waals surface area contributed by atoms with Gasteiger partial charge in [0.2, 0.25) is 4.96 Å². The molecule has 0 aromatic carbocycles. The lowest BCUT2D eigenvalue weighted by molar-refractivity contribution is 0.395. The predicted molar refractivity (Wildman–Crippen MR) is 72.6 cm³/mol. The van der Waals surface area contributed by atoms with Gasteiger partial charge in [-0.2, -0.15) is 14.7 Å². The molecule has 1 saturated carbocycles. The first-order chi connectivity index (χ1) is 9.24. The van der Waals surface area contributed by atoms with E-state index in [1.54, 1.807) is 0 Å². The van der Waals surface area contributed by atoms with Gasteiger partial charge in [-0.3, -0.25) is 5.10 Å². The van der Waals surface area contributed by atoms with Crippen molar-refractivity contribution >= 4 is 27.9 Å². The summed E-state index contributed by atoms with van der Waals surface area (Å²) >= 11 is 7.67. The third-order valence-electron chi connectivity index (χ3n) is 3.56. The number of aryl methyl sites for hydroxylation is 1. The van der Waals surface area contributed by atoms with E-state index in [9.17, 15) is 0 Å². The van der Waals surface area contributed by atoms with Gasteiger partial charge in [-0.1, -0.05) is 29.4 Å². The zero-order valence-corrected chi connectivity index (χ0v) is 11.8. The number of halogens is 1. The molecule has 4 rings (SSSR count). The van der Waals surface area contributed by atoms with Crippen molar-refractivity contribution in [3.05, 3.63) is 16.5 Å². The van der Waals surface area contributed by atoms with Crippen LogP contribution in [-0.2, 0) is 0 Å². The molecule has 8 heteroatoms. The Morgan fingerprint density at radius 3 is 2.84 bits per heavy atom. The van der Waals surface area contributed by atoms with E-state index in [1.165, 1.54) is 30.6 Å². The molecule has 3 aromatic rings. The van der Waals surface area contributed by atoms with Crippen molar-refractivity contribution < 1.29 is 0 Å². The summed E-state index contributed by atoms with van der Waals surface area (Å²) in [5, 5.41) is 21.5. The molecule has 19 heavy (non-hydrogen) atoms. The Labute approximate surface area is 117 Å². The van der Waals surface area contributed by atoms with Gasteiger partial charge in [0.15, 0.2) is 10.8 Å². The van der Waals surface area contributed by atoms with Crippen LogP contribution in [0.2, 0.25) is 5.02 Å². The molecule has 0 spiro atoms. The minimum Gasteiger partial charge on any atom is -0.281 e. The standard InChI is InChI=1S/C11H11ClN6S/c1-5-7(12)8(14-13-5)10-17-18-9(6-3-2-4-6)15-16-11(18)19-10/h6H,2-4H2,1H3,(H,13,14). The minimum absolute atomic E-state index is 0.501. The summed E-state index contributed by atoms with van der Waals surface area (Å²) in [4.78, 5) is 0.800. The van der Waals surface area contributed by atoms with Gasteiger partial charge in [0, 0.05) is 5.92 Å². The third kappa shape index (κ3) is 1.61. The van der Waals surface area contributed by atoms with Gasteiger partial charge in [0.05, 0.1) is 10.7 Å². The maximum Gasteiger partial charge on any atom is 0.235 e. The fourth-order valence-electron chi connectivity index (χ4n) is 2.21. The van der Waals surface area contributed by atoms with Gasteiger partial charge in [0.1, 0.15) is 5.69 Å². The lowest BCUT2D eigenvalue weighted by Crippen LogP contribution is -2.13. The maximum atomic E-state index is 6.21. The van der Waals surface area contributed by atoms with Crippen LogP contribution in [0.25, 0.3) is 15.7 Å². The highest BCUT2D eigenvalue weighted by Gasteiger charge is 2.27. The van der Waals surface area contributed by atoms with E-state index in [2.05, 4.69) is 25.5 Å². The van der Waals surface area contributed by atoms with E-state index in [1.807, 2.05) is 11.4 Å². The highest BCUT2D eigenvalue weighted by Crippen LogP contribution is 2.37. The Morgan fingerprint density at radius 2 is 2.21 bits per heavy atom. The van der Waals surface area contributed by atoms with E-state index in [-0.39, 0.29) is 0 Å². The first kappa shape index (κ1) is 11.4. The van der Waals surface area contributed by atoms with E-state index in [0.29, 0.717) is 16.6 Å². The van der Waals surface area contributed by atoms with Gasteiger partial charge in [0.25, 0.3) is 0 Å². The van der Waals surface area contributed by atoms with E-state index in [4.69, 9.17) is 11.6 Å². The van der Waals surface area contributed by atoms with Crippen LogP contribution in [0.5, 0.6) is 0 Å². The van der Waals surface area contributed by atoms with E-state index < -0.39 is 0 Å². The topological polar surface area (TPSA) is 71.8 Å². The van der Waals surface area contributed by atoms with Crippen LogP contribution >= 0.6 is 22.9 Å². The quantitative estimate of drug-likeness (QED) is 0.789. The first-order valence-corrected chi connectivity index (χ1v) is 7.36. The summed E-state index contributed by atoms with van der Waals surface area (Å²) in [6, 6.07) is 0. The van der Waals surface area contributed by atoms with Crippen LogP contribution in [0.1, 0.15) is 36.7 Å². The van der Waals surface area contributed by atoms with Crippen LogP contribution < -0.4 is 0 Å². The highest BCUT2D eigenvalue weighted by atomic mass is 35.5. The van der Waals surface area contributed by atoms with E-state index >= 15 is 0 Å². The molecule has 3 aromatic heterocycles. The largest absolute Gasteiger partial charge is 0.281 e. The molecular formula is C11H11ClN6S. The second-order valence-corrected chi connectivity index (χ2v) is 6.13. The zero-order valence-electron chi connectivity index (χ0n) is 10.2. The summed E-state index contributed by atoms with van der Waals surface area (Å²) in [6.07, 6.45) is 3.62. The molecule has 1 aliphatic rings. The Balaban J connectivity index is 1.83. The molecule has 0 aliphatic heterocycles. The number of aromatic amines is 1. The molecule has 0 unspecified atom stereocenters. The minimum atomic E-state index is 0.501. The van der Waals surface area contributed by atoms with Crippen molar-refractivity contribution in [3.63, 3.8) is 0 Å². The molecule has 98 valence electrons. The van der Waals surface area contributed by atoms with Crippen molar-refractivity contribution in [1.29, 1.82) is 0 Å². The summed E-state index contributed by atoms with van der Waals surface area (Å²) < 4.78 is 1.84. The fraction of sp³-hybridized carbons (Fsp3) is 0.455. The second-order valence-electron chi connectivity index (χ2n) is 4.80. The number of hydrogen-bond donors (Lipinski definition) is 1. The van der Waals surface area contributed by atoms with Crippen LogP contribution in [-0.4, -0.2) is 30.0 Å². The smallest absolute Gasteiger partial charge is 0.235 e. The Kier molecular flexibility index (Phi) is 2.40. The van der Waals surface area contributed by atoms with Crippen LogP contribution in [0, 0.1) is 6.92 Å². The molecular weight excluding hydrogens is 284 g/mol. The number of fused-ring (bicyclic) bond motifs is 1. The van der Waals surface area contributed by atoms with Gasteiger partial charge in [-0.15, -0.1) is 10.2 Å².